The number of carbonyl (C=O) groups excluding carboxylic acids is 1. The first-order valence-corrected chi connectivity index (χ1v) is 9.74. The monoisotopic (exact) mass is 369 g/mol. The predicted octanol–water partition coefficient (Wildman–Crippen LogP) is 1.85. The van der Waals surface area contributed by atoms with E-state index in [1.165, 1.54) is 5.69 Å². The number of aryl methyl sites for hydroxylation is 1. The maximum atomic E-state index is 12.9. The summed E-state index contributed by atoms with van der Waals surface area (Å²) < 4.78 is 1.89. The normalized spacial score (nSPS) is 27.6. The summed E-state index contributed by atoms with van der Waals surface area (Å²) in [6.07, 6.45) is 2.61. The van der Waals surface area contributed by atoms with Gasteiger partial charge in [-0.2, -0.15) is 5.10 Å². The summed E-state index contributed by atoms with van der Waals surface area (Å²) >= 11 is 0. The summed E-state index contributed by atoms with van der Waals surface area (Å²) in [7, 11) is 1.95. The first-order valence-electron chi connectivity index (χ1n) is 9.74. The van der Waals surface area contributed by atoms with Gasteiger partial charge in [0.1, 0.15) is 0 Å². The molecule has 144 valence electrons. The molecule has 1 aromatic heterocycles. The van der Waals surface area contributed by atoms with Gasteiger partial charge in [0.2, 0.25) is 0 Å². The van der Waals surface area contributed by atoms with Gasteiger partial charge in [0, 0.05) is 37.0 Å². The highest BCUT2D eigenvalue weighted by Crippen LogP contribution is 2.37. The van der Waals surface area contributed by atoms with Crippen molar-refractivity contribution in [3.63, 3.8) is 0 Å². The van der Waals surface area contributed by atoms with Gasteiger partial charge in [-0.25, -0.2) is 0 Å². The van der Waals surface area contributed by atoms with E-state index in [-0.39, 0.29) is 17.7 Å². The van der Waals surface area contributed by atoms with Crippen molar-refractivity contribution in [3.8, 4) is 11.1 Å². The smallest absolute Gasteiger partial charge is 0.253 e. The molecule has 1 saturated carbocycles. The van der Waals surface area contributed by atoms with E-state index in [1.807, 2.05) is 47.1 Å². The van der Waals surface area contributed by atoms with Gasteiger partial charge in [-0.3, -0.25) is 9.48 Å². The summed E-state index contributed by atoms with van der Waals surface area (Å²) in [6.45, 7) is 3.44. The van der Waals surface area contributed by atoms with Crippen LogP contribution in [0.15, 0.2) is 30.5 Å². The van der Waals surface area contributed by atoms with Crippen molar-refractivity contribution in [1.29, 1.82) is 0 Å². The fourth-order valence-electron chi connectivity index (χ4n) is 4.67. The maximum absolute atomic E-state index is 12.9. The Bertz CT molecular complexity index is 812. The first-order chi connectivity index (χ1) is 13.0. The third-order valence-corrected chi connectivity index (χ3v) is 6.24. The van der Waals surface area contributed by atoms with Crippen LogP contribution in [0.4, 0.5) is 0 Å². The van der Waals surface area contributed by atoms with Gasteiger partial charge in [0.25, 0.3) is 5.91 Å². The number of benzene rings is 1. The molecule has 1 saturated heterocycles. The number of hydrogen-bond acceptors (Lipinski definition) is 4. The topological polar surface area (TPSA) is 78.6 Å². The van der Waals surface area contributed by atoms with Crippen molar-refractivity contribution in [2.75, 3.05) is 13.1 Å². The molecule has 4 atom stereocenters. The molecule has 27 heavy (non-hydrogen) atoms. The zero-order chi connectivity index (χ0) is 19.1. The molecule has 0 spiro atoms. The van der Waals surface area contributed by atoms with Crippen LogP contribution >= 0.6 is 0 Å². The zero-order valence-corrected chi connectivity index (χ0v) is 15.9. The lowest BCUT2D eigenvalue weighted by Crippen LogP contribution is -2.38. The predicted molar refractivity (Wildman–Crippen MR) is 102 cm³/mol. The number of carbonyl (C=O) groups is 1. The van der Waals surface area contributed by atoms with Gasteiger partial charge >= 0.3 is 0 Å². The number of likely N-dealkylation sites (tertiary alicyclic amines) is 1. The van der Waals surface area contributed by atoms with E-state index in [2.05, 4.69) is 12.0 Å². The third kappa shape index (κ3) is 3.28. The van der Waals surface area contributed by atoms with Crippen molar-refractivity contribution in [1.82, 2.24) is 14.7 Å². The van der Waals surface area contributed by atoms with Crippen LogP contribution in [0.5, 0.6) is 0 Å². The van der Waals surface area contributed by atoms with Crippen molar-refractivity contribution in [2.45, 2.75) is 38.4 Å². The summed E-state index contributed by atoms with van der Waals surface area (Å²) in [4.78, 5) is 14.8. The Balaban J connectivity index is 1.49. The van der Waals surface area contributed by atoms with E-state index in [1.54, 1.807) is 0 Å². The Morgan fingerprint density at radius 1 is 1.11 bits per heavy atom. The molecule has 1 aromatic carbocycles. The minimum absolute atomic E-state index is 0.0295. The van der Waals surface area contributed by atoms with Gasteiger partial charge in [0.15, 0.2) is 0 Å². The molecule has 2 aromatic rings. The van der Waals surface area contributed by atoms with Crippen LogP contribution in [0.2, 0.25) is 0 Å². The maximum Gasteiger partial charge on any atom is 0.253 e. The van der Waals surface area contributed by atoms with Gasteiger partial charge in [-0.1, -0.05) is 19.1 Å². The Morgan fingerprint density at radius 3 is 2.26 bits per heavy atom. The second-order valence-electron chi connectivity index (χ2n) is 7.90. The molecule has 0 radical (unpaired) electrons. The van der Waals surface area contributed by atoms with E-state index < -0.39 is 12.2 Å². The molecule has 0 unspecified atom stereocenters. The minimum atomic E-state index is -0.659. The summed E-state index contributed by atoms with van der Waals surface area (Å²) in [5.74, 6) is 0.602. The fourth-order valence-corrected chi connectivity index (χ4v) is 4.67. The molecule has 2 heterocycles. The number of fused-ring (bicyclic) bond motifs is 1. The Labute approximate surface area is 159 Å². The van der Waals surface area contributed by atoms with Crippen molar-refractivity contribution >= 4 is 5.91 Å². The molecule has 1 aliphatic carbocycles. The first kappa shape index (κ1) is 18.2. The molecular formula is C21H27N3O3. The minimum Gasteiger partial charge on any atom is -0.390 e. The molecule has 1 amide bonds. The van der Waals surface area contributed by atoms with E-state index in [9.17, 15) is 15.0 Å². The van der Waals surface area contributed by atoms with Crippen LogP contribution in [-0.2, 0) is 13.5 Å². The zero-order valence-electron chi connectivity index (χ0n) is 15.9. The van der Waals surface area contributed by atoms with Crippen molar-refractivity contribution in [2.24, 2.45) is 18.9 Å². The third-order valence-electron chi connectivity index (χ3n) is 6.24. The second kappa shape index (κ2) is 7.09. The Morgan fingerprint density at radius 2 is 1.70 bits per heavy atom. The van der Waals surface area contributed by atoms with Gasteiger partial charge in [0.05, 0.1) is 18.4 Å². The molecule has 2 fully saturated rings. The molecule has 6 nitrogen and oxygen atoms in total. The Hall–Kier alpha value is -2.18. The van der Waals surface area contributed by atoms with E-state index in [0.29, 0.717) is 31.5 Å². The number of rotatable bonds is 3. The highest BCUT2D eigenvalue weighted by atomic mass is 16.3. The fraction of sp³-hybridized carbons (Fsp3) is 0.524. The number of aliphatic hydroxyl groups excluding tert-OH is 2. The quantitative estimate of drug-likeness (QED) is 0.866. The van der Waals surface area contributed by atoms with Crippen LogP contribution in [0.1, 0.15) is 35.8 Å². The molecule has 0 bridgehead atoms. The molecular weight excluding hydrogens is 342 g/mol. The van der Waals surface area contributed by atoms with Crippen LogP contribution in [-0.4, -0.2) is 56.1 Å². The van der Waals surface area contributed by atoms with Crippen LogP contribution in [0.3, 0.4) is 0 Å². The summed E-state index contributed by atoms with van der Waals surface area (Å²) in [5.41, 5.74) is 4.03. The van der Waals surface area contributed by atoms with Crippen molar-refractivity contribution < 1.29 is 15.0 Å². The average molecular weight is 369 g/mol. The standard InChI is InChI=1S/C21H27N3O3/c1-3-18-17(10-22-23(18)2)13-4-6-14(7-5-13)21(27)24-11-15-8-19(25)20(26)9-16(15)12-24/h4-7,10,15-16,19-20,25-26H,3,8-9,11-12H2,1-2H3/t15-,16+,19+,20-. The van der Waals surface area contributed by atoms with Gasteiger partial charge in [-0.05, 0) is 48.8 Å². The van der Waals surface area contributed by atoms with Crippen LogP contribution < -0.4 is 0 Å². The Kier molecular flexibility index (Phi) is 4.78. The van der Waals surface area contributed by atoms with Gasteiger partial charge in [-0.15, -0.1) is 0 Å². The number of aliphatic hydroxyl groups is 2. The van der Waals surface area contributed by atoms with Crippen LogP contribution in [0.25, 0.3) is 11.1 Å². The van der Waals surface area contributed by atoms with Crippen molar-refractivity contribution in [3.05, 3.63) is 41.7 Å². The largest absolute Gasteiger partial charge is 0.390 e. The second-order valence-corrected chi connectivity index (χ2v) is 7.90. The molecule has 1 aliphatic heterocycles. The lowest BCUT2D eigenvalue weighted by molar-refractivity contribution is -0.0372. The molecule has 4 rings (SSSR count). The van der Waals surface area contributed by atoms with Gasteiger partial charge < -0.3 is 15.1 Å². The number of aromatic nitrogens is 2. The summed E-state index contributed by atoms with van der Waals surface area (Å²) in [5, 5.41) is 24.1. The number of hydrogen-bond donors (Lipinski definition) is 2. The van der Waals surface area contributed by atoms with E-state index >= 15 is 0 Å². The number of nitrogens with zero attached hydrogens (tertiary/aromatic N) is 3. The highest BCUT2D eigenvalue weighted by Gasteiger charge is 2.42. The molecule has 2 N–H and O–H groups in total. The average Bonchev–Trinajstić information content (AvgIpc) is 3.24. The number of amides is 1. The summed E-state index contributed by atoms with van der Waals surface area (Å²) in [6, 6.07) is 7.74. The SMILES string of the molecule is CCc1c(-c2ccc(C(=O)N3C[C@H]4C[C@H](O)[C@H](O)C[C@H]4C3)cc2)cnn1C. The van der Waals surface area contributed by atoms with E-state index in [4.69, 9.17) is 0 Å². The van der Waals surface area contributed by atoms with E-state index in [0.717, 1.165) is 17.5 Å². The van der Waals surface area contributed by atoms with Crippen LogP contribution in [0, 0.1) is 11.8 Å². The highest BCUT2D eigenvalue weighted by molar-refractivity contribution is 5.95. The lowest BCUT2D eigenvalue weighted by Gasteiger charge is -2.31. The molecule has 6 heteroatoms. The molecule has 2 aliphatic rings. The lowest BCUT2D eigenvalue weighted by atomic mass is 9.79.